The third-order valence-electron chi connectivity index (χ3n) is 4.24. The number of hydrogen-bond donors (Lipinski definition) is 1. The van der Waals surface area contributed by atoms with Crippen LogP contribution in [0.2, 0.25) is 0 Å². The van der Waals surface area contributed by atoms with Gasteiger partial charge in [0.2, 0.25) is 0 Å². The van der Waals surface area contributed by atoms with Crippen LogP contribution in [0.25, 0.3) is 0 Å². The van der Waals surface area contributed by atoms with Crippen molar-refractivity contribution in [3.8, 4) is 5.75 Å². The van der Waals surface area contributed by atoms with E-state index in [-0.39, 0.29) is 17.0 Å². The van der Waals surface area contributed by atoms with E-state index in [4.69, 9.17) is 10.5 Å². The maximum absolute atomic E-state index is 14.3. The zero-order valence-electron chi connectivity index (χ0n) is 10.7. The molecule has 2 rings (SSSR count). The van der Waals surface area contributed by atoms with E-state index in [9.17, 15) is 4.39 Å². The van der Waals surface area contributed by atoms with Crippen molar-refractivity contribution in [2.45, 2.75) is 38.6 Å². The van der Waals surface area contributed by atoms with Crippen LogP contribution in [0.3, 0.4) is 0 Å². The second-order valence-electron chi connectivity index (χ2n) is 5.53. The smallest absolute Gasteiger partial charge is 0.170 e. The van der Waals surface area contributed by atoms with E-state index in [1.165, 1.54) is 7.11 Å². The first-order chi connectivity index (χ1) is 7.92. The molecule has 17 heavy (non-hydrogen) atoms. The standard InChI is InChI=1S/C14H20FNO/c1-13(2)8-5-9-14(13,16)10-6-4-7-11(17-3)12(10)15/h4,6-7H,5,8-9,16H2,1-3H3. The van der Waals surface area contributed by atoms with Crippen LogP contribution >= 0.6 is 0 Å². The Morgan fingerprint density at radius 2 is 2.00 bits per heavy atom. The van der Waals surface area contributed by atoms with E-state index in [0.717, 1.165) is 19.3 Å². The predicted molar refractivity (Wildman–Crippen MR) is 66.4 cm³/mol. The molecule has 1 atom stereocenters. The molecular weight excluding hydrogens is 217 g/mol. The van der Waals surface area contributed by atoms with Gasteiger partial charge in [-0.1, -0.05) is 32.4 Å². The lowest BCUT2D eigenvalue weighted by molar-refractivity contribution is 0.202. The largest absolute Gasteiger partial charge is 0.494 e. The van der Waals surface area contributed by atoms with Crippen molar-refractivity contribution in [2.75, 3.05) is 7.11 Å². The van der Waals surface area contributed by atoms with Crippen LogP contribution in [-0.4, -0.2) is 7.11 Å². The molecule has 1 aromatic carbocycles. The van der Waals surface area contributed by atoms with Gasteiger partial charge in [-0.05, 0) is 24.3 Å². The van der Waals surface area contributed by atoms with E-state index in [0.29, 0.717) is 5.56 Å². The summed E-state index contributed by atoms with van der Waals surface area (Å²) in [5.41, 5.74) is 6.39. The van der Waals surface area contributed by atoms with Gasteiger partial charge in [0.15, 0.2) is 11.6 Å². The van der Waals surface area contributed by atoms with Gasteiger partial charge in [0.1, 0.15) is 0 Å². The van der Waals surface area contributed by atoms with Crippen LogP contribution in [0.5, 0.6) is 5.75 Å². The SMILES string of the molecule is COc1cccc(C2(N)CCCC2(C)C)c1F. The summed E-state index contributed by atoms with van der Waals surface area (Å²) >= 11 is 0. The molecule has 1 unspecified atom stereocenters. The Labute approximate surface area is 102 Å². The molecule has 0 radical (unpaired) electrons. The maximum atomic E-state index is 14.3. The number of nitrogens with two attached hydrogens (primary N) is 1. The van der Waals surface area contributed by atoms with E-state index < -0.39 is 5.54 Å². The van der Waals surface area contributed by atoms with Crippen molar-refractivity contribution in [3.05, 3.63) is 29.6 Å². The lowest BCUT2D eigenvalue weighted by Crippen LogP contribution is -2.46. The van der Waals surface area contributed by atoms with Crippen molar-refractivity contribution in [3.63, 3.8) is 0 Å². The second-order valence-corrected chi connectivity index (χ2v) is 5.53. The van der Waals surface area contributed by atoms with Gasteiger partial charge < -0.3 is 10.5 Å². The number of halogens is 1. The molecule has 2 nitrogen and oxygen atoms in total. The molecule has 0 amide bonds. The first-order valence-electron chi connectivity index (χ1n) is 6.04. The van der Waals surface area contributed by atoms with E-state index in [1.807, 2.05) is 0 Å². The second kappa shape index (κ2) is 3.98. The highest BCUT2D eigenvalue weighted by Gasteiger charge is 2.48. The lowest BCUT2D eigenvalue weighted by Gasteiger charge is -2.39. The van der Waals surface area contributed by atoms with Gasteiger partial charge in [-0.3, -0.25) is 0 Å². The normalized spacial score (nSPS) is 27.1. The summed E-state index contributed by atoms with van der Waals surface area (Å²) in [6, 6.07) is 5.22. The molecule has 1 aromatic rings. The van der Waals surface area contributed by atoms with Gasteiger partial charge in [0.25, 0.3) is 0 Å². The Hall–Kier alpha value is -1.09. The van der Waals surface area contributed by atoms with Crippen molar-refractivity contribution in [2.24, 2.45) is 11.1 Å². The number of rotatable bonds is 2. The monoisotopic (exact) mass is 237 g/mol. The summed E-state index contributed by atoms with van der Waals surface area (Å²) in [6.07, 6.45) is 2.89. The Bertz CT molecular complexity index is 430. The highest BCUT2D eigenvalue weighted by atomic mass is 19.1. The molecule has 0 saturated heterocycles. The van der Waals surface area contributed by atoms with Crippen LogP contribution < -0.4 is 10.5 Å². The summed E-state index contributed by atoms with van der Waals surface area (Å²) in [5, 5.41) is 0. The number of ether oxygens (including phenoxy) is 1. The Morgan fingerprint density at radius 1 is 1.29 bits per heavy atom. The quantitative estimate of drug-likeness (QED) is 0.857. The molecule has 94 valence electrons. The molecule has 3 heteroatoms. The summed E-state index contributed by atoms with van der Waals surface area (Å²) in [6.45, 7) is 4.22. The third-order valence-corrected chi connectivity index (χ3v) is 4.24. The van der Waals surface area contributed by atoms with Crippen molar-refractivity contribution in [1.82, 2.24) is 0 Å². The summed E-state index contributed by atoms with van der Waals surface area (Å²) in [4.78, 5) is 0. The highest BCUT2D eigenvalue weighted by Crippen LogP contribution is 2.51. The summed E-state index contributed by atoms with van der Waals surface area (Å²) in [5.74, 6) is -0.0394. The molecule has 0 heterocycles. The fourth-order valence-electron chi connectivity index (χ4n) is 2.88. The molecule has 1 aliphatic carbocycles. The summed E-state index contributed by atoms with van der Waals surface area (Å²) < 4.78 is 19.3. The first-order valence-corrected chi connectivity index (χ1v) is 6.04. The minimum atomic E-state index is -0.592. The van der Waals surface area contributed by atoms with E-state index >= 15 is 0 Å². The zero-order chi connectivity index (χ0) is 12.7. The van der Waals surface area contributed by atoms with Crippen LogP contribution in [0, 0.1) is 11.2 Å². The van der Waals surface area contributed by atoms with Gasteiger partial charge in [0, 0.05) is 11.1 Å². The molecule has 2 N–H and O–H groups in total. The maximum Gasteiger partial charge on any atom is 0.170 e. The van der Waals surface area contributed by atoms with Crippen LogP contribution in [0.1, 0.15) is 38.7 Å². The minimum absolute atomic E-state index is 0.0831. The average molecular weight is 237 g/mol. The molecule has 0 aromatic heterocycles. The highest BCUT2D eigenvalue weighted by molar-refractivity contribution is 5.37. The lowest BCUT2D eigenvalue weighted by atomic mass is 9.71. The van der Waals surface area contributed by atoms with Crippen LogP contribution in [-0.2, 0) is 5.54 Å². The third kappa shape index (κ3) is 1.73. The molecule has 1 saturated carbocycles. The van der Waals surface area contributed by atoms with Gasteiger partial charge in [-0.15, -0.1) is 0 Å². The fourth-order valence-corrected chi connectivity index (χ4v) is 2.88. The molecule has 0 bridgehead atoms. The number of methoxy groups -OCH3 is 1. The van der Waals surface area contributed by atoms with Gasteiger partial charge in [0.05, 0.1) is 7.11 Å². The number of benzene rings is 1. The van der Waals surface area contributed by atoms with Crippen LogP contribution in [0.4, 0.5) is 4.39 Å². The van der Waals surface area contributed by atoms with E-state index in [2.05, 4.69) is 13.8 Å². The van der Waals surface area contributed by atoms with Gasteiger partial charge in [-0.25, -0.2) is 4.39 Å². The fraction of sp³-hybridized carbons (Fsp3) is 0.571. The van der Waals surface area contributed by atoms with Crippen LogP contribution in [0.15, 0.2) is 18.2 Å². The Morgan fingerprint density at radius 3 is 2.53 bits per heavy atom. The zero-order valence-corrected chi connectivity index (χ0v) is 10.7. The molecule has 0 spiro atoms. The molecule has 0 aliphatic heterocycles. The van der Waals surface area contributed by atoms with Crippen molar-refractivity contribution < 1.29 is 9.13 Å². The van der Waals surface area contributed by atoms with Crippen molar-refractivity contribution >= 4 is 0 Å². The Balaban J connectivity index is 2.54. The average Bonchev–Trinajstić information content (AvgIpc) is 2.54. The first kappa shape index (κ1) is 12.4. The van der Waals surface area contributed by atoms with Crippen molar-refractivity contribution in [1.29, 1.82) is 0 Å². The van der Waals surface area contributed by atoms with Gasteiger partial charge >= 0.3 is 0 Å². The molecular formula is C14H20FNO. The van der Waals surface area contributed by atoms with E-state index in [1.54, 1.807) is 18.2 Å². The molecule has 1 aliphatic rings. The van der Waals surface area contributed by atoms with Gasteiger partial charge in [-0.2, -0.15) is 0 Å². The summed E-state index contributed by atoms with van der Waals surface area (Å²) in [7, 11) is 1.48. The topological polar surface area (TPSA) is 35.2 Å². The predicted octanol–water partition coefficient (Wildman–Crippen LogP) is 3.20. The number of hydrogen-bond acceptors (Lipinski definition) is 2. The Kier molecular flexibility index (Phi) is 2.90. The minimum Gasteiger partial charge on any atom is -0.494 e. The molecule has 1 fully saturated rings.